The highest BCUT2D eigenvalue weighted by Crippen LogP contribution is 2.35. The Labute approximate surface area is 198 Å². The lowest BCUT2D eigenvalue weighted by atomic mass is 10.1. The minimum atomic E-state index is -1.85. The van der Waals surface area contributed by atoms with Crippen molar-refractivity contribution in [1.29, 1.82) is 0 Å². The average molecular weight is 494 g/mol. The molecule has 0 spiro atoms. The zero-order chi connectivity index (χ0) is 25.0. The van der Waals surface area contributed by atoms with E-state index in [9.17, 15) is 23.5 Å². The molecule has 0 aliphatic rings. The van der Waals surface area contributed by atoms with Crippen molar-refractivity contribution in [3.8, 4) is 11.6 Å². The van der Waals surface area contributed by atoms with Gasteiger partial charge in [0.25, 0.3) is 11.8 Å². The lowest BCUT2D eigenvalue weighted by Gasteiger charge is -2.19. The van der Waals surface area contributed by atoms with Gasteiger partial charge in [-0.2, -0.15) is 4.98 Å². The quantitative estimate of drug-likeness (QED) is 0.413. The first-order valence-corrected chi connectivity index (χ1v) is 11.5. The molecule has 0 aliphatic heterocycles. The molecule has 2 aromatic heterocycles. The van der Waals surface area contributed by atoms with Gasteiger partial charge in [-0.05, 0) is 37.0 Å². The summed E-state index contributed by atoms with van der Waals surface area (Å²) in [5.74, 6) is -2.61. The molecular weight excluding hydrogens is 468 g/mol. The number of rotatable bonds is 9. The van der Waals surface area contributed by atoms with E-state index in [0.29, 0.717) is 24.0 Å². The third-order valence-electron chi connectivity index (χ3n) is 4.80. The van der Waals surface area contributed by atoms with Crippen molar-refractivity contribution >= 4 is 28.3 Å². The zero-order valence-corrected chi connectivity index (χ0v) is 19.9. The molecule has 2 atom stereocenters. The Morgan fingerprint density at radius 3 is 2.38 bits per heavy atom. The lowest BCUT2D eigenvalue weighted by molar-refractivity contribution is -0.133. The number of carbonyl (C=O) groups is 2. The van der Waals surface area contributed by atoms with Crippen LogP contribution >= 0.6 is 11.3 Å². The summed E-state index contributed by atoms with van der Waals surface area (Å²) in [4.78, 5) is 34.9. The maximum absolute atomic E-state index is 13.5. The van der Waals surface area contributed by atoms with Crippen LogP contribution in [0.25, 0.3) is 11.6 Å². The summed E-state index contributed by atoms with van der Waals surface area (Å²) in [7, 11) is 0. The Balaban J connectivity index is 1.76. The third-order valence-corrected chi connectivity index (χ3v) is 6.07. The van der Waals surface area contributed by atoms with E-state index in [1.165, 1.54) is 11.3 Å². The van der Waals surface area contributed by atoms with Crippen LogP contribution in [0, 0.1) is 18.6 Å². The van der Waals surface area contributed by atoms with Crippen LogP contribution in [0.3, 0.4) is 0 Å². The normalized spacial score (nSPS) is 13.1. The van der Waals surface area contributed by atoms with Crippen molar-refractivity contribution < 1.29 is 28.0 Å². The van der Waals surface area contributed by atoms with Gasteiger partial charge in [0.05, 0.1) is 0 Å². The summed E-state index contributed by atoms with van der Waals surface area (Å²) in [6, 6.07) is 1.33. The maximum atomic E-state index is 13.5. The molecule has 9 nitrogen and oxygen atoms in total. The molecule has 0 radical (unpaired) electrons. The number of benzene rings is 1. The van der Waals surface area contributed by atoms with Crippen LogP contribution in [-0.4, -0.2) is 38.1 Å². The van der Waals surface area contributed by atoms with Crippen LogP contribution in [0.15, 0.2) is 22.7 Å². The van der Waals surface area contributed by atoms with Crippen LogP contribution in [0.1, 0.15) is 61.9 Å². The van der Waals surface area contributed by atoms with Gasteiger partial charge in [-0.25, -0.2) is 13.8 Å². The second-order valence-electron chi connectivity index (χ2n) is 7.98. The monoisotopic (exact) mass is 493 g/mol. The number of aliphatic hydroxyl groups excluding tert-OH is 1. The highest BCUT2D eigenvalue weighted by molar-refractivity contribution is 7.16. The van der Waals surface area contributed by atoms with Crippen LogP contribution in [0.4, 0.5) is 13.9 Å². The number of thiazole rings is 1. The zero-order valence-electron chi connectivity index (χ0n) is 19.1. The Bertz CT molecular complexity index is 1160. The Morgan fingerprint density at radius 2 is 1.82 bits per heavy atom. The van der Waals surface area contributed by atoms with E-state index >= 15 is 0 Å². The molecule has 0 saturated heterocycles. The van der Waals surface area contributed by atoms with Gasteiger partial charge in [0.1, 0.15) is 23.4 Å². The number of carbonyl (C=O) groups excluding carboxylic acids is 2. The molecule has 0 fully saturated rings. The summed E-state index contributed by atoms with van der Waals surface area (Å²) in [6.07, 6.45) is -1.04. The minimum absolute atomic E-state index is 0.0679. The van der Waals surface area contributed by atoms with Gasteiger partial charge in [0, 0.05) is 10.9 Å². The van der Waals surface area contributed by atoms with Crippen LogP contribution in [-0.2, 0) is 9.59 Å². The third kappa shape index (κ3) is 6.00. The van der Waals surface area contributed by atoms with Crippen molar-refractivity contribution in [2.24, 2.45) is 0 Å². The van der Waals surface area contributed by atoms with Crippen LogP contribution < -0.4 is 10.6 Å². The van der Waals surface area contributed by atoms with Gasteiger partial charge < -0.3 is 20.3 Å². The average Bonchev–Trinajstić information content (AvgIpc) is 3.38. The Kier molecular flexibility index (Phi) is 8.05. The fourth-order valence-electron chi connectivity index (χ4n) is 3.21. The first kappa shape index (κ1) is 25.4. The number of nitrogens with one attached hydrogen (secondary N) is 2. The summed E-state index contributed by atoms with van der Waals surface area (Å²) >= 11 is 1.24. The number of amides is 2. The fourth-order valence-corrected chi connectivity index (χ4v) is 4.17. The van der Waals surface area contributed by atoms with E-state index in [1.807, 2.05) is 20.8 Å². The van der Waals surface area contributed by atoms with Crippen LogP contribution in [0.2, 0.25) is 0 Å². The summed E-state index contributed by atoms with van der Waals surface area (Å²) in [5.41, 5.74) is 0.210. The van der Waals surface area contributed by atoms with Crippen molar-refractivity contribution in [1.82, 2.24) is 20.4 Å². The summed E-state index contributed by atoms with van der Waals surface area (Å²) < 4.78 is 32.1. The molecule has 0 saturated carbocycles. The van der Waals surface area contributed by atoms with Gasteiger partial charge in [-0.3, -0.25) is 9.59 Å². The molecule has 3 rings (SSSR count). The van der Waals surface area contributed by atoms with Gasteiger partial charge in [0.2, 0.25) is 5.91 Å². The number of aryl methyl sites for hydroxylation is 1. The maximum Gasteiger partial charge on any atom is 0.277 e. The molecular formula is C22H25F2N5O4S. The van der Waals surface area contributed by atoms with Crippen molar-refractivity contribution in [3.05, 3.63) is 46.1 Å². The number of aliphatic hydroxyl groups is 1. The van der Waals surface area contributed by atoms with E-state index in [1.54, 1.807) is 6.92 Å². The minimum Gasteiger partial charge on any atom is -0.378 e. The number of halogens is 2. The van der Waals surface area contributed by atoms with E-state index in [2.05, 4.69) is 25.8 Å². The number of nitrogens with zero attached hydrogens (tertiary/aromatic N) is 3. The molecule has 3 N–H and O–H groups in total. The second kappa shape index (κ2) is 10.8. The molecule has 2 heterocycles. The second-order valence-corrected chi connectivity index (χ2v) is 9.01. The SMILES string of the molecule is CCCC(NC(=O)C(O)c1cc(F)cc(F)c1)C(=O)Nc1nc(-c2nc(C)no2)c(C(C)C)s1. The number of hydrogen-bond acceptors (Lipinski definition) is 8. The van der Waals surface area contributed by atoms with Gasteiger partial charge in [0.15, 0.2) is 17.1 Å². The highest BCUT2D eigenvalue weighted by Gasteiger charge is 2.27. The number of aromatic nitrogens is 3. The topological polar surface area (TPSA) is 130 Å². The molecule has 12 heteroatoms. The molecule has 2 unspecified atom stereocenters. The van der Waals surface area contributed by atoms with Gasteiger partial charge >= 0.3 is 0 Å². The Morgan fingerprint density at radius 1 is 1.15 bits per heavy atom. The summed E-state index contributed by atoms with van der Waals surface area (Å²) in [5, 5.41) is 19.4. The fraction of sp³-hybridized carbons (Fsp3) is 0.409. The van der Waals surface area contributed by atoms with Gasteiger partial charge in [-0.15, -0.1) is 11.3 Å². The van der Waals surface area contributed by atoms with E-state index in [-0.39, 0.29) is 28.9 Å². The molecule has 182 valence electrons. The smallest absolute Gasteiger partial charge is 0.277 e. The molecule has 0 aliphatic carbocycles. The molecule has 3 aromatic rings. The van der Waals surface area contributed by atoms with E-state index in [4.69, 9.17) is 4.52 Å². The van der Waals surface area contributed by atoms with Crippen molar-refractivity contribution in [2.45, 2.75) is 58.6 Å². The molecule has 1 aromatic carbocycles. The standard InChI is InChI=1S/C22H25F2N5O4S/c1-5-6-15(26-20(32)17(30)12-7-13(23)9-14(24)8-12)19(31)28-22-27-16(18(34-22)10(2)3)21-25-11(4)29-33-21/h7-10,15,17,30H,5-6H2,1-4H3,(H,26,32)(H,27,28,31). The molecule has 0 bridgehead atoms. The van der Waals surface area contributed by atoms with Crippen LogP contribution in [0.5, 0.6) is 0 Å². The van der Waals surface area contributed by atoms with Gasteiger partial charge in [-0.1, -0.05) is 32.3 Å². The predicted molar refractivity (Wildman–Crippen MR) is 121 cm³/mol. The summed E-state index contributed by atoms with van der Waals surface area (Å²) in [6.45, 7) is 7.42. The van der Waals surface area contributed by atoms with E-state index in [0.717, 1.165) is 17.0 Å². The van der Waals surface area contributed by atoms with E-state index < -0.39 is 35.6 Å². The lowest BCUT2D eigenvalue weighted by Crippen LogP contribution is -2.45. The molecule has 34 heavy (non-hydrogen) atoms. The first-order chi connectivity index (χ1) is 16.1. The number of hydrogen-bond donors (Lipinski definition) is 3. The largest absolute Gasteiger partial charge is 0.378 e. The molecule has 2 amide bonds. The van der Waals surface area contributed by atoms with Crippen molar-refractivity contribution in [3.63, 3.8) is 0 Å². The highest BCUT2D eigenvalue weighted by atomic mass is 32.1. The first-order valence-electron chi connectivity index (χ1n) is 10.7. The number of anilines is 1. The van der Waals surface area contributed by atoms with Crippen molar-refractivity contribution in [2.75, 3.05) is 5.32 Å². The Hall–Kier alpha value is -3.25. The predicted octanol–water partition coefficient (Wildman–Crippen LogP) is 3.86.